The third kappa shape index (κ3) is 4.83. The first-order chi connectivity index (χ1) is 11.1. The molecule has 0 bridgehead atoms. The molecule has 2 amide bonds. The molecular formula is C19H24N2O2. The van der Waals surface area contributed by atoms with Crippen LogP contribution in [0.25, 0.3) is 0 Å². The van der Waals surface area contributed by atoms with Gasteiger partial charge < -0.3 is 15.3 Å². The Morgan fingerprint density at radius 3 is 2.43 bits per heavy atom. The molecule has 0 aliphatic heterocycles. The summed E-state index contributed by atoms with van der Waals surface area (Å²) in [5.41, 5.74) is 3.29. The van der Waals surface area contributed by atoms with Gasteiger partial charge in [-0.3, -0.25) is 0 Å². The number of nitrogens with zero attached hydrogens (tertiary/aromatic N) is 1. The average Bonchev–Trinajstić information content (AvgIpc) is 2.55. The number of aliphatic hydroxyl groups is 1. The molecule has 0 radical (unpaired) electrons. The van der Waals surface area contributed by atoms with Crippen molar-refractivity contribution in [2.45, 2.75) is 26.4 Å². The molecule has 2 rings (SSSR count). The number of hydrogen-bond donors (Lipinski definition) is 2. The maximum absolute atomic E-state index is 12.5. The topological polar surface area (TPSA) is 52.6 Å². The normalized spacial score (nSPS) is 11.8. The summed E-state index contributed by atoms with van der Waals surface area (Å²) in [5.74, 6) is 0. The molecule has 1 unspecified atom stereocenters. The van der Waals surface area contributed by atoms with Gasteiger partial charge in [0.2, 0.25) is 0 Å². The van der Waals surface area contributed by atoms with E-state index in [0.29, 0.717) is 13.1 Å². The molecule has 2 aromatic rings. The minimum atomic E-state index is -0.168. The number of carbonyl (C=O) groups is 1. The summed E-state index contributed by atoms with van der Waals surface area (Å²) < 4.78 is 0. The summed E-state index contributed by atoms with van der Waals surface area (Å²) in [7, 11) is 0. The zero-order chi connectivity index (χ0) is 16.7. The van der Waals surface area contributed by atoms with Gasteiger partial charge in [0.15, 0.2) is 0 Å². The first-order valence-corrected chi connectivity index (χ1v) is 7.87. The highest BCUT2D eigenvalue weighted by Crippen LogP contribution is 2.17. The predicted molar refractivity (Wildman–Crippen MR) is 92.1 cm³/mol. The Bertz CT molecular complexity index is 628. The van der Waals surface area contributed by atoms with E-state index in [-0.39, 0.29) is 18.7 Å². The van der Waals surface area contributed by atoms with E-state index in [0.717, 1.165) is 16.7 Å². The van der Waals surface area contributed by atoms with Crippen molar-refractivity contribution in [1.29, 1.82) is 0 Å². The standard InChI is InChI=1S/C19H24N2O2/c1-15-8-6-7-11-18(15)16(2)20-19(23)21(12-13-22)14-17-9-4-3-5-10-17/h3-11,16,22H,12-14H2,1-2H3,(H,20,23). The molecule has 0 aliphatic rings. The van der Waals surface area contributed by atoms with Crippen molar-refractivity contribution in [3.63, 3.8) is 0 Å². The number of aryl methyl sites for hydroxylation is 1. The van der Waals surface area contributed by atoms with E-state index >= 15 is 0 Å². The smallest absolute Gasteiger partial charge is 0.318 e. The lowest BCUT2D eigenvalue weighted by Gasteiger charge is -2.25. The van der Waals surface area contributed by atoms with Gasteiger partial charge >= 0.3 is 6.03 Å². The van der Waals surface area contributed by atoms with Crippen LogP contribution in [0.4, 0.5) is 4.79 Å². The number of hydrogen-bond acceptors (Lipinski definition) is 2. The number of nitrogens with one attached hydrogen (secondary N) is 1. The highest BCUT2D eigenvalue weighted by Gasteiger charge is 2.17. The molecule has 0 saturated carbocycles. The first kappa shape index (κ1) is 17.0. The molecule has 2 N–H and O–H groups in total. The van der Waals surface area contributed by atoms with Crippen LogP contribution in [-0.2, 0) is 6.54 Å². The Balaban J connectivity index is 2.04. The molecule has 4 heteroatoms. The largest absolute Gasteiger partial charge is 0.395 e. The highest BCUT2D eigenvalue weighted by atomic mass is 16.3. The quantitative estimate of drug-likeness (QED) is 0.860. The number of amides is 2. The van der Waals surface area contributed by atoms with Crippen molar-refractivity contribution >= 4 is 6.03 Å². The first-order valence-electron chi connectivity index (χ1n) is 7.87. The predicted octanol–water partition coefficient (Wildman–Crippen LogP) is 3.26. The van der Waals surface area contributed by atoms with Crippen LogP contribution < -0.4 is 5.32 Å². The van der Waals surface area contributed by atoms with Crippen LogP contribution in [-0.4, -0.2) is 29.2 Å². The molecule has 23 heavy (non-hydrogen) atoms. The van der Waals surface area contributed by atoms with Crippen molar-refractivity contribution < 1.29 is 9.90 Å². The number of carbonyl (C=O) groups excluding carboxylic acids is 1. The van der Waals surface area contributed by atoms with Gasteiger partial charge in [-0.15, -0.1) is 0 Å². The van der Waals surface area contributed by atoms with Gasteiger partial charge in [0.25, 0.3) is 0 Å². The minimum Gasteiger partial charge on any atom is -0.395 e. The fourth-order valence-electron chi connectivity index (χ4n) is 2.60. The third-order valence-electron chi connectivity index (χ3n) is 3.87. The number of rotatable bonds is 6. The summed E-state index contributed by atoms with van der Waals surface area (Å²) in [4.78, 5) is 14.2. The van der Waals surface area contributed by atoms with E-state index in [1.165, 1.54) is 0 Å². The molecule has 0 fully saturated rings. The van der Waals surface area contributed by atoms with Crippen LogP contribution in [0.5, 0.6) is 0 Å². The summed E-state index contributed by atoms with van der Waals surface area (Å²) in [5, 5.41) is 12.3. The fourth-order valence-corrected chi connectivity index (χ4v) is 2.60. The molecule has 0 aliphatic carbocycles. The molecule has 0 spiro atoms. The second-order valence-electron chi connectivity index (χ2n) is 5.66. The van der Waals surface area contributed by atoms with Gasteiger partial charge in [-0.25, -0.2) is 4.79 Å². The maximum Gasteiger partial charge on any atom is 0.318 e. The van der Waals surface area contributed by atoms with Crippen LogP contribution >= 0.6 is 0 Å². The summed E-state index contributed by atoms with van der Waals surface area (Å²) in [6, 6.07) is 17.5. The van der Waals surface area contributed by atoms with Crippen molar-refractivity contribution in [1.82, 2.24) is 10.2 Å². The van der Waals surface area contributed by atoms with E-state index in [2.05, 4.69) is 5.32 Å². The van der Waals surface area contributed by atoms with Crippen LogP contribution in [0.1, 0.15) is 29.7 Å². The van der Waals surface area contributed by atoms with Crippen LogP contribution in [0.15, 0.2) is 54.6 Å². The Morgan fingerprint density at radius 1 is 1.13 bits per heavy atom. The summed E-state index contributed by atoms with van der Waals surface area (Å²) in [6.45, 7) is 4.74. The van der Waals surface area contributed by atoms with E-state index < -0.39 is 0 Å². The lowest BCUT2D eigenvalue weighted by Crippen LogP contribution is -2.42. The summed E-state index contributed by atoms with van der Waals surface area (Å²) in [6.07, 6.45) is 0. The van der Waals surface area contributed by atoms with Crippen LogP contribution in [0.3, 0.4) is 0 Å². The van der Waals surface area contributed by atoms with E-state index in [1.807, 2.05) is 68.4 Å². The lowest BCUT2D eigenvalue weighted by molar-refractivity contribution is 0.171. The Kier molecular flexibility index (Phi) is 6.18. The zero-order valence-electron chi connectivity index (χ0n) is 13.7. The molecular weight excluding hydrogens is 288 g/mol. The Labute approximate surface area is 137 Å². The Hall–Kier alpha value is -2.33. The van der Waals surface area contributed by atoms with E-state index in [1.54, 1.807) is 4.90 Å². The van der Waals surface area contributed by atoms with Gasteiger partial charge in [-0.1, -0.05) is 54.6 Å². The van der Waals surface area contributed by atoms with E-state index in [4.69, 9.17) is 0 Å². The van der Waals surface area contributed by atoms with Gasteiger partial charge in [0, 0.05) is 13.1 Å². The van der Waals surface area contributed by atoms with Crippen molar-refractivity contribution in [2.75, 3.05) is 13.2 Å². The van der Waals surface area contributed by atoms with Crippen LogP contribution in [0, 0.1) is 6.92 Å². The summed E-state index contributed by atoms with van der Waals surface area (Å²) >= 11 is 0. The van der Waals surface area contributed by atoms with Crippen molar-refractivity contribution in [3.05, 3.63) is 71.3 Å². The van der Waals surface area contributed by atoms with Crippen molar-refractivity contribution in [2.24, 2.45) is 0 Å². The highest BCUT2D eigenvalue weighted by molar-refractivity contribution is 5.74. The monoisotopic (exact) mass is 312 g/mol. The third-order valence-corrected chi connectivity index (χ3v) is 3.87. The average molecular weight is 312 g/mol. The van der Waals surface area contributed by atoms with Gasteiger partial charge in [0.05, 0.1) is 12.6 Å². The fraction of sp³-hybridized carbons (Fsp3) is 0.316. The second kappa shape index (κ2) is 8.34. The van der Waals surface area contributed by atoms with E-state index in [9.17, 15) is 9.90 Å². The molecule has 122 valence electrons. The SMILES string of the molecule is Cc1ccccc1C(C)NC(=O)N(CCO)Cc1ccccc1. The maximum atomic E-state index is 12.5. The number of urea groups is 1. The van der Waals surface area contributed by atoms with Gasteiger partial charge in [-0.2, -0.15) is 0 Å². The van der Waals surface area contributed by atoms with Crippen molar-refractivity contribution in [3.8, 4) is 0 Å². The van der Waals surface area contributed by atoms with Gasteiger partial charge in [-0.05, 0) is 30.5 Å². The van der Waals surface area contributed by atoms with Gasteiger partial charge in [0.1, 0.15) is 0 Å². The molecule has 0 heterocycles. The molecule has 0 aromatic heterocycles. The molecule has 4 nitrogen and oxygen atoms in total. The number of aliphatic hydroxyl groups excluding tert-OH is 1. The molecule has 1 atom stereocenters. The molecule has 2 aromatic carbocycles. The lowest BCUT2D eigenvalue weighted by atomic mass is 10.0. The second-order valence-corrected chi connectivity index (χ2v) is 5.66. The Morgan fingerprint density at radius 2 is 1.78 bits per heavy atom. The molecule has 0 saturated heterocycles. The van der Waals surface area contributed by atoms with Crippen LogP contribution in [0.2, 0.25) is 0 Å². The number of benzene rings is 2. The zero-order valence-corrected chi connectivity index (χ0v) is 13.7. The minimum absolute atomic E-state index is 0.0565.